The van der Waals surface area contributed by atoms with Gasteiger partial charge in [0.2, 0.25) is 5.91 Å². The fraction of sp³-hybridized carbons (Fsp3) is 0.217. The molecule has 0 saturated carbocycles. The Bertz CT molecular complexity index is 1050. The van der Waals surface area contributed by atoms with Crippen LogP contribution in [0.1, 0.15) is 23.0 Å². The number of carbonyl (C=O) groups is 2. The number of hydroxylamine groups is 1. The number of likely N-dealkylation sites (N-methyl/N-ethyl adjacent to an activating group) is 1. The van der Waals surface area contributed by atoms with E-state index < -0.39 is 12.1 Å². The lowest BCUT2D eigenvalue weighted by Crippen LogP contribution is -2.36. The van der Waals surface area contributed by atoms with Crippen molar-refractivity contribution in [2.75, 3.05) is 20.6 Å². The van der Waals surface area contributed by atoms with Crippen molar-refractivity contribution in [3.05, 3.63) is 72.0 Å². The number of para-hydroxylation sites is 1. The minimum Gasteiger partial charge on any atom is -0.471 e. The van der Waals surface area contributed by atoms with Crippen LogP contribution < -0.4 is 15.5 Å². The highest BCUT2D eigenvalue weighted by Gasteiger charge is 2.14. The summed E-state index contributed by atoms with van der Waals surface area (Å²) in [6.07, 6.45) is 0.893. The second-order valence-corrected chi connectivity index (χ2v) is 7.29. The number of rotatable bonds is 8. The van der Waals surface area contributed by atoms with Crippen molar-refractivity contribution in [3.63, 3.8) is 0 Å². The average Bonchev–Trinajstić information content (AvgIpc) is 3.17. The van der Waals surface area contributed by atoms with Crippen LogP contribution in [-0.4, -0.2) is 48.8 Å². The van der Waals surface area contributed by atoms with Crippen LogP contribution in [0, 0.1) is 0 Å². The molecule has 2 aromatic carbocycles. The number of benzene rings is 2. The van der Waals surface area contributed by atoms with E-state index in [2.05, 4.69) is 5.32 Å². The maximum absolute atomic E-state index is 12.6. The molecule has 0 spiro atoms. The molecule has 1 aromatic heterocycles. The molecule has 1 atom stereocenters. The molecular weight excluding hydrogens is 398 g/mol. The van der Waals surface area contributed by atoms with E-state index in [1.54, 1.807) is 24.5 Å². The van der Waals surface area contributed by atoms with Gasteiger partial charge in [-0.2, -0.15) is 0 Å². The molecule has 1 unspecified atom stereocenters. The zero-order valence-corrected chi connectivity index (χ0v) is 17.6. The van der Waals surface area contributed by atoms with Crippen molar-refractivity contribution in [1.82, 2.24) is 15.7 Å². The van der Waals surface area contributed by atoms with Crippen LogP contribution in [0.5, 0.6) is 5.75 Å². The molecule has 8 nitrogen and oxygen atoms in total. The molecule has 3 aromatic rings. The predicted molar refractivity (Wildman–Crippen MR) is 117 cm³/mol. The number of fused-ring (bicyclic) bond motifs is 1. The molecule has 0 radical (unpaired) electrons. The van der Waals surface area contributed by atoms with Crippen molar-refractivity contribution in [3.8, 4) is 5.75 Å². The highest BCUT2D eigenvalue weighted by atomic mass is 16.5. The molecule has 1 heterocycles. The summed E-state index contributed by atoms with van der Waals surface area (Å²) in [7, 11) is 3.84. The van der Waals surface area contributed by atoms with Crippen molar-refractivity contribution < 1.29 is 24.0 Å². The fourth-order valence-electron chi connectivity index (χ4n) is 3.06. The van der Waals surface area contributed by atoms with Crippen molar-refractivity contribution >= 4 is 28.4 Å². The van der Waals surface area contributed by atoms with Gasteiger partial charge in [-0.3, -0.25) is 14.8 Å². The van der Waals surface area contributed by atoms with Gasteiger partial charge in [0.15, 0.2) is 6.23 Å². The topological polar surface area (TPSA) is 104 Å². The smallest absolute Gasteiger partial charge is 0.274 e. The molecule has 0 aliphatic heterocycles. The first-order valence-electron chi connectivity index (χ1n) is 9.71. The van der Waals surface area contributed by atoms with E-state index in [0.717, 1.165) is 16.5 Å². The van der Waals surface area contributed by atoms with E-state index in [1.807, 2.05) is 49.3 Å². The molecular formula is C23H25N3O5. The van der Waals surface area contributed by atoms with Gasteiger partial charge in [0.1, 0.15) is 17.1 Å². The van der Waals surface area contributed by atoms with Crippen LogP contribution in [0.15, 0.2) is 65.1 Å². The molecule has 0 bridgehead atoms. The first-order chi connectivity index (χ1) is 14.9. The van der Waals surface area contributed by atoms with Gasteiger partial charge in [-0.1, -0.05) is 18.2 Å². The van der Waals surface area contributed by atoms with E-state index in [0.29, 0.717) is 18.1 Å². The van der Waals surface area contributed by atoms with Crippen molar-refractivity contribution in [1.29, 1.82) is 0 Å². The number of furan rings is 1. The van der Waals surface area contributed by atoms with E-state index in [1.165, 1.54) is 18.2 Å². The van der Waals surface area contributed by atoms with Crippen LogP contribution in [0.2, 0.25) is 0 Å². The lowest BCUT2D eigenvalue weighted by molar-refractivity contribution is -0.118. The highest BCUT2D eigenvalue weighted by Crippen LogP contribution is 2.25. The molecule has 0 aliphatic carbocycles. The molecule has 0 saturated heterocycles. The number of nitrogens with one attached hydrogen (secondary N) is 2. The predicted octanol–water partition coefficient (Wildman–Crippen LogP) is 3.04. The Kier molecular flexibility index (Phi) is 7.07. The molecule has 8 heteroatoms. The van der Waals surface area contributed by atoms with Crippen molar-refractivity contribution in [2.24, 2.45) is 0 Å². The summed E-state index contributed by atoms with van der Waals surface area (Å²) in [4.78, 5) is 25.9. The zero-order valence-electron chi connectivity index (χ0n) is 17.6. The fourth-order valence-corrected chi connectivity index (χ4v) is 3.06. The number of carbonyl (C=O) groups excluding carboxylic acids is 2. The van der Waals surface area contributed by atoms with E-state index in [-0.39, 0.29) is 11.5 Å². The molecule has 162 valence electrons. The summed E-state index contributed by atoms with van der Waals surface area (Å²) in [6.45, 7) is 2.23. The second-order valence-electron chi connectivity index (χ2n) is 7.29. The first-order valence-corrected chi connectivity index (χ1v) is 9.71. The summed E-state index contributed by atoms with van der Waals surface area (Å²) in [5.74, 6) is 0.173. The molecule has 3 rings (SSSR count). The maximum Gasteiger partial charge on any atom is 0.274 e. The molecule has 0 aliphatic rings. The Morgan fingerprint density at radius 3 is 2.52 bits per heavy atom. The Balaban J connectivity index is 1.69. The van der Waals surface area contributed by atoms with Crippen LogP contribution in [0.3, 0.4) is 0 Å². The van der Waals surface area contributed by atoms with Gasteiger partial charge >= 0.3 is 0 Å². The molecule has 2 amide bonds. The quantitative estimate of drug-likeness (QED) is 0.223. The third kappa shape index (κ3) is 5.94. The molecule has 0 fully saturated rings. The molecule has 3 N–H and O–H groups in total. The van der Waals surface area contributed by atoms with Gasteiger partial charge in [0.25, 0.3) is 5.91 Å². The number of hydrogen-bond acceptors (Lipinski definition) is 6. The second kappa shape index (κ2) is 9.92. The van der Waals surface area contributed by atoms with Gasteiger partial charge in [0.05, 0.1) is 0 Å². The van der Waals surface area contributed by atoms with Gasteiger partial charge in [0, 0.05) is 29.1 Å². The van der Waals surface area contributed by atoms with Crippen LogP contribution >= 0.6 is 0 Å². The van der Waals surface area contributed by atoms with Gasteiger partial charge in [-0.25, -0.2) is 5.48 Å². The summed E-state index contributed by atoms with van der Waals surface area (Å²) >= 11 is 0. The maximum atomic E-state index is 12.6. The Morgan fingerprint density at radius 1 is 1.16 bits per heavy atom. The van der Waals surface area contributed by atoms with E-state index in [9.17, 15) is 9.59 Å². The standard InChI is InChI=1S/C23H25N3O5/c1-15(30-19-10-8-16(9-11-19)23(28)25-29)24-22(27)13-18(14-26(2)3)21-12-17-6-4-5-7-20(17)31-21/h4-13,15,29H,14H2,1-3H3,(H,24,27)(H,25,28)/b18-13+. The summed E-state index contributed by atoms with van der Waals surface area (Å²) in [5.41, 5.74) is 3.36. The largest absolute Gasteiger partial charge is 0.471 e. The average molecular weight is 423 g/mol. The normalized spacial score (nSPS) is 12.6. The minimum atomic E-state index is -0.614. The lowest BCUT2D eigenvalue weighted by atomic mass is 10.1. The number of amides is 2. The Labute approximate surface area is 180 Å². The lowest BCUT2D eigenvalue weighted by Gasteiger charge is -2.16. The van der Waals surface area contributed by atoms with E-state index in [4.69, 9.17) is 14.4 Å². The number of hydrogen-bond donors (Lipinski definition) is 3. The first kappa shape index (κ1) is 22.1. The van der Waals surface area contributed by atoms with Crippen LogP contribution in [-0.2, 0) is 4.79 Å². The van der Waals surface area contributed by atoms with Gasteiger partial charge in [-0.15, -0.1) is 0 Å². The Hall–Kier alpha value is -3.62. The van der Waals surface area contributed by atoms with Crippen molar-refractivity contribution in [2.45, 2.75) is 13.2 Å². The number of ether oxygens (including phenoxy) is 1. The van der Waals surface area contributed by atoms with Gasteiger partial charge < -0.3 is 19.4 Å². The van der Waals surface area contributed by atoms with E-state index >= 15 is 0 Å². The zero-order chi connectivity index (χ0) is 22.4. The molecule has 31 heavy (non-hydrogen) atoms. The van der Waals surface area contributed by atoms with Gasteiger partial charge in [-0.05, 0) is 57.4 Å². The highest BCUT2D eigenvalue weighted by molar-refractivity contribution is 5.96. The summed E-state index contributed by atoms with van der Waals surface area (Å²) in [6, 6.07) is 15.8. The SMILES string of the molecule is CC(NC(=O)/C=C(\CN(C)C)c1cc2ccccc2o1)Oc1ccc(C(=O)NO)cc1. The third-order valence-electron chi connectivity index (χ3n) is 4.41. The Morgan fingerprint density at radius 2 is 1.87 bits per heavy atom. The monoisotopic (exact) mass is 423 g/mol. The minimum absolute atomic E-state index is 0.286. The van der Waals surface area contributed by atoms with Crippen LogP contribution in [0.4, 0.5) is 0 Å². The third-order valence-corrected chi connectivity index (χ3v) is 4.41. The number of nitrogens with zero attached hydrogens (tertiary/aromatic N) is 1. The van der Waals surface area contributed by atoms with Crippen LogP contribution in [0.25, 0.3) is 16.5 Å². The summed E-state index contributed by atoms with van der Waals surface area (Å²) in [5, 5.41) is 12.4. The summed E-state index contributed by atoms with van der Waals surface area (Å²) < 4.78 is 11.6.